The van der Waals surface area contributed by atoms with E-state index in [9.17, 15) is 0 Å². The molecular formula is C11H13Br. The third kappa shape index (κ3) is 1.98. The van der Waals surface area contributed by atoms with Crippen LogP contribution in [0.5, 0.6) is 0 Å². The molecule has 1 atom stereocenters. The van der Waals surface area contributed by atoms with Crippen LogP contribution in [0.25, 0.3) is 0 Å². The maximum atomic E-state index is 3.74. The van der Waals surface area contributed by atoms with Crippen LogP contribution in [-0.4, -0.2) is 0 Å². The van der Waals surface area contributed by atoms with E-state index >= 15 is 0 Å². The van der Waals surface area contributed by atoms with Crippen molar-refractivity contribution in [3.63, 3.8) is 0 Å². The number of allylic oxidation sites excluding steroid dienone is 1. The molecule has 1 heteroatoms. The van der Waals surface area contributed by atoms with Crippen LogP contribution >= 0.6 is 15.9 Å². The van der Waals surface area contributed by atoms with E-state index in [1.54, 1.807) is 0 Å². The molecule has 0 spiro atoms. The molecule has 0 aliphatic heterocycles. The molecule has 0 N–H and O–H groups in total. The summed E-state index contributed by atoms with van der Waals surface area (Å²) < 4.78 is 0. The molecule has 0 fully saturated rings. The molecule has 0 saturated carbocycles. The highest BCUT2D eigenvalue weighted by molar-refractivity contribution is 9.09. The third-order valence-corrected chi connectivity index (χ3v) is 2.96. The number of halogens is 1. The summed E-state index contributed by atoms with van der Waals surface area (Å²) >= 11 is 3.53. The second-order valence-electron chi connectivity index (χ2n) is 2.98. The van der Waals surface area contributed by atoms with E-state index < -0.39 is 0 Å². The number of alkyl halides is 1. The smallest absolute Gasteiger partial charge is 0.0572 e. The maximum absolute atomic E-state index is 3.74. The fourth-order valence-electron chi connectivity index (χ4n) is 1.07. The lowest BCUT2D eigenvalue weighted by atomic mass is 10.0. The van der Waals surface area contributed by atoms with Crippen molar-refractivity contribution >= 4 is 15.9 Å². The summed E-state index contributed by atoms with van der Waals surface area (Å²) in [6, 6.07) is 6.46. The molecule has 0 aromatic heterocycles. The van der Waals surface area contributed by atoms with Gasteiger partial charge in [-0.15, -0.1) is 6.58 Å². The van der Waals surface area contributed by atoms with Crippen molar-refractivity contribution < 1.29 is 0 Å². The zero-order chi connectivity index (χ0) is 9.14. The number of rotatable bonds is 2. The molecule has 0 saturated heterocycles. The molecule has 1 aromatic carbocycles. The van der Waals surface area contributed by atoms with Gasteiger partial charge in [0.1, 0.15) is 0 Å². The fourth-order valence-corrected chi connectivity index (χ4v) is 1.36. The highest BCUT2D eigenvalue weighted by Gasteiger charge is 2.02. The molecule has 1 aromatic rings. The van der Waals surface area contributed by atoms with Crippen molar-refractivity contribution in [3.8, 4) is 0 Å². The fraction of sp³-hybridized carbons (Fsp3) is 0.273. The monoisotopic (exact) mass is 224 g/mol. The van der Waals surface area contributed by atoms with Crippen molar-refractivity contribution in [2.45, 2.75) is 18.7 Å². The molecule has 0 amide bonds. The zero-order valence-electron chi connectivity index (χ0n) is 7.47. The second kappa shape index (κ2) is 3.90. The molecule has 0 bridgehead atoms. The van der Waals surface area contributed by atoms with E-state index in [-0.39, 0.29) is 4.83 Å². The topological polar surface area (TPSA) is 0 Å². The zero-order valence-corrected chi connectivity index (χ0v) is 9.06. The predicted octanol–water partition coefficient (Wildman–Crippen LogP) is 3.93. The normalized spacial score (nSPS) is 12.6. The summed E-state index contributed by atoms with van der Waals surface area (Å²) in [5, 5.41) is 0. The standard InChI is InChI=1S/C11H13Br/c1-4-11(12)10-6-5-8(2)9(3)7-10/h4-7,11H,1H2,2-3H3. The van der Waals surface area contributed by atoms with Gasteiger partial charge in [0.2, 0.25) is 0 Å². The Labute approximate surface area is 82.4 Å². The van der Waals surface area contributed by atoms with Gasteiger partial charge < -0.3 is 0 Å². The van der Waals surface area contributed by atoms with Gasteiger partial charge in [0.25, 0.3) is 0 Å². The van der Waals surface area contributed by atoms with Crippen LogP contribution in [0.2, 0.25) is 0 Å². The van der Waals surface area contributed by atoms with Crippen molar-refractivity contribution in [1.82, 2.24) is 0 Å². The Kier molecular flexibility index (Phi) is 3.10. The molecule has 1 rings (SSSR count). The van der Waals surface area contributed by atoms with Crippen LogP contribution in [0.1, 0.15) is 21.5 Å². The molecule has 64 valence electrons. The molecule has 0 heterocycles. The Balaban J connectivity index is 3.04. The molecule has 12 heavy (non-hydrogen) atoms. The summed E-state index contributed by atoms with van der Waals surface area (Å²) in [5.74, 6) is 0. The van der Waals surface area contributed by atoms with E-state index in [4.69, 9.17) is 0 Å². The van der Waals surface area contributed by atoms with Gasteiger partial charge in [-0.3, -0.25) is 0 Å². The van der Waals surface area contributed by atoms with Gasteiger partial charge >= 0.3 is 0 Å². The first kappa shape index (κ1) is 9.53. The molecule has 1 unspecified atom stereocenters. The van der Waals surface area contributed by atoms with E-state index in [0.29, 0.717) is 0 Å². The van der Waals surface area contributed by atoms with Gasteiger partial charge in [0.15, 0.2) is 0 Å². The summed E-state index contributed by atoms with van der Waals surface area (Å²) in [6.45, 7) is 7.99. The minimum Gasteiger partial charge on any atom is -0.102 e. The Bertz CT molecular complexity index is 289. The average Bonchev–Trinajstić information content (AvgIpc) is 2.08. The quantitative estimate of drug-likeness (QED) is 0.528. The lowest BCUT2D eigenvalue weighted by Gasteiger charge is -2.07. The lowest BCUT2D eigenvalue weighted by molar-refractivity contribution is 1.21. The second-order valence-corrected chi connectivity index (χ2v) is 3.97. The number of benzene rings is 1. The van der Waals surface area contributed by atoms with E-state index in [1.807, 2.05) is 6.08 Å². The Morgan fingerprint density at radius 3 is 2.50 bits per heavy atom. The van der Waals surface area contributed by atoms with Crippen LogP contribution in [-0.2, 0) is 0 Å². The van der Waals surface area contributed by atoms with Gasteiger partial charge in [-0.25, -0.2) is 0 Å². The first-order valence-corrected chi connectivity index (χ1v) is 4.90. The van der Waals surface area contributed by atoms with Crippen LogP contribution in [0.15, 0.2) is 30.9 Å². The highest BCUT2D eigenvalue weighted by atomic mass is 79.9. The first-order valence-electron chi connectivity index (χ1n) is 3.99. The largest absolute Gasteiger partial charge is 0.102 e. The van der Waals surface area contributed by atoms with E-state index in [0.717, 1.165) is 0 Å². The van der Waals surface area contributed by atoms with Gasteiger partial charge in [0, 0.05) is 0 Å². The van der Waals surface area contributed by atoms with Gasteiger partial charge in [0.05, 0.1) is 4.83 Å². The Morgan fingerprint density at radius 2 is 2.00 bits per heavy atom. The molecular weight excluding hydrogens is 212 g/mol. The third-order valence-electron chi connectivity index (χ3n) is 2.06. The summed E-state index contributed by atoms with van der Waals surface area (Å²) in [5.41, 5.74) is 3.94. The summed E-state index contributed by atoms with van der Waals surface area (Å²) in [4.78, 5) is 0.275. The number of hydrogen-bond donors (Lipinski definition) is 0. The highest BCUT2D eigenvalue weighted by Crippen LogP contribution is 2.24. The maximum Gasteiger partial charge on any atom is 0.0572 e. The van der Waals surface area contributed by atoms with E-state index in [1.165, 1.54) is 16.7 Å². The lowest BCUT2D eigenvalue weighted by Crippen LogP contribution is -1.88. The number of hydrogen-bond acceptors (Lipinski definition) is 0. The predicted molar refractivity (Wildman–Crippen MR) is 57.8 cm³/mol. The Morgan fingerprint density at radius 1 is 1.33 bits per heavy atom. The first-order chi connectivity index (χ1) is 5.65. The average molecular weight is 225 g/mol. The molecule has 0 radical (unpaired) electrons. The number of aryl methyl sites for hydroxylation is 2. The van der Waals surface area contributed by atoms with Gasteiger partial charge in [-0.05, 0) is 30.5 Å². The van der Waals surface area contributed by atoms with Crippen LogP contribution in [0.3, 0.4) is 0 Å². The minimum atomic E-state index is 0.275. The summed E-state index contributed by atoms with van der Waals surface area (Å²) in [7, 11) is 0. The van der Waals surface area contributed by atoms with Crippen molar-refractivity contribution in [3.05, 3.63) is 47.5 Å². The Hall–Kier alpha value is -0.560. The van der Waals surface area contributed by atoms with Crippen molar-refractivity contribution in [1.29, 1.82) is 0 Å². The van der Waals surface area contributed by atoms with Gasteiger partial charge in [-0.2, -0.15) is 0 Å². The van der Waals surface area contributed by atoms with Crippen LogP contribution < -0.4 is 0 Å². The molecule has 0 aliphatic rings. The van der Waals surface area contributed by atoms with Gasteiger partial charge in [-0.1, -0.05) is 40.2 Å². The SMILES string of the molecule is C=CC(Br)c1ccc(C)c(C)c1. The van der Waals surface area contributed by atoms with Crippen molar-refractivity contribution in [2.24, 2.45) is 0 Å². The van der Waals surface area contributed by atoms with Crippen LogP contribution in [0, 0.1) is 13.8 Å². The molecule has 0 aliphatic carbocycles. The summed E-state index contributed by atoms with van der Waals surface area (Å²) in [6.07, 6.45) is 1.89. The van der Waals surface area contributed by atoms with E-state index in [2.05, 4.69) is 54.6 Å². The van der Waals surface area contributed by atoms with Crippen LogP contribution in [0.4, 0.5) is 0 Å². The molecule has 0 nitrogen and oxygen atoms in total. The minimum absolute atomic E-state index is 0.275. The van der Waals surface area contributed by atoms with Crippen molar-refractivity contribution in [2.75, 3.05) is 0 Å².